The second-order valence-corrected chi connectivity index (χ2v) is 27.2. The minimum Gasteiger partial charge on any atom is -1.00 e. The molecule has 14 aromatic rings. The Labute approximate surface area is 617 Å². The van der Waals surface area contributed by atoms with Crippen molar-refractivity contribution in [2.24, 2.45) is 15.7 Å². The molecular formula is C90H73BrCl2F6N4. The molecule has 0 bridgehead atoms. The number of nitrogens with two attached hydrogens (primary N) is 1. The van der Waals surface area contributed by atoms with E-state index >= 15 is 17.6 Å². The first kappa shape index (κ1) is 72.8. The maximum Gasteiger partial charge on any atom is 0.194 e. The quantitative estimate of drug-likeness (QED) is 0.0631. The summed E-state index contributed by atoms with van der Waals surface area (Å²) in [5.41, 5.74) is 19.5. The summed E-state index contributed by atoms with van der Waals surface area (Å²) < 4.78 is 91.5. The van der Waals surface area contributed by atoms with Gasteiger partial charge in [0.15, 0.2) is 34.9 Å². The number of fused-ring (bicyclic) bond motifs is 14. The Morgan fingerprint density at radius 2 is 0.767 bits per heavy atom. The molecule has 0 fully saturated rings. The molecule has 0 radical (unpaired) electrons. The predicted molar refractivity (Wildman–Crippen MR) is 412 cm³/mol. The van der Waals surface area contributed by atoms with Crippen molar-refractivity contribution in [3.63, 3.8) is 0 Å². The van der Waals surface area contributed by atoms with Crippen LogP contribution in [0.3, 0.4) is 0 Å². The lowest BCUT2D eigenvalue weighted by Gasteiger charge is -2.39. The second kappa shape index (κ2) is 32.6. The summed E-state index contributed by atoms with van der Waals surface area (Å²) >= 11 is 11.5. The largest absolute Gasteiger partial charge is 1.00 e. The zero-order chi connectivity index (χ0) is 71.0. The Morgan fingerprint density at radius 1 is 0.408 bits per heavy atom. The molecule has 1 spiro atoms. The van der Waals surface area contributed by atoms with Gasteiger partial charge in [-0.3, -0.25) is 9.98 Å². The van der Waals surface area contributed by atoms with Crippen LogP contribution in [0.1, 0.15) is 65.3 Å². The van der Waals surface area contributed by atoms with Crippen LogP contribution in [-0.2, 0) is 39.0 Å². The molecule has 0 amide bonds. The van der Waals surface area contributed by atoms with Crippen molar-refractivity contribution in [1.29, 1.82) is 0 Å². The number of benzene rings is 14. The van der Waals surface area contributed by atoms with Crippen molar-refractivity contribution < 1.29 is 47.8 Å². The molecule has 2 heterocycles. The van der Waals surface area contributed by atoms with E-state index in [9.17, 15) is 8.78 Å². The summed E-state index contributed by atoms with van der Waals surface area (Å²) in [7, 11) is 0. The van der Waals surface area contributed by atoms with E-state index in [-0.39, 0.29) is 40.2 Å². The van der Waals surface area contributed by atoms with Gasteiger partial charge in [-0.05, 0) is 193 Å². The fraction of sp³-hybridized carbons (Fsp3) is 0.133. The molecule has 0 saturated heterocycles. The lowest BCUT2D eigenvalue weighted by atomic mass is 9.82. The van der Waals surface area contributed by atoms with E-state index in [1.54, 1.807) is 0 Å². The van der Waals surface area contributed by atoms with Gasteiger partial charge < -0.3 is 27.2 Å². The molecule has 14 aromatic carbocycles. The van der Waals surface area contributed by atoms with Gasteiger partial charge in [0.1, 0.15) is 26.2 Å². The first-order chi connectivity index (χ1) is 49.5. The number of aliphatic imine (C=N–C) groups is 2. The number of halogens is 9. The zero-order valence-corrected chi connectivity index (χ0v) is 60.1. The lowest BCUT2D eigenvalue weighted by molar-refractivity contribution is -0.977. The number of nitrogens with zero attached hydrogens (tertiary/aromatic N) is 3. The lowest BCUT2D eigenvalue weighted by Crippen LogP contribution is -3.00. The fourth-order valence-electron chi connectivity index (χ4n) is 14.3. The van der Waals surface area contributed by atoms with Gasteiger partial charge in [-0.15, -0.1) is 0 Å². The average molecular weight is 1480 g/mol. The van der Waals surface area contributed by atoms with Crippen molar-refractivity contribution in [3.8, 4) is 44.5 Å². The van der Waals surface area contributed by atoms with Gasteiger partial charge in [-0.25, -0.2) is 26.3 Å². The average Bonchev–Trinajstić information content (AvgIpc) is 1.61. The highest BCUT2D eigenvalue weighted by Crippen LogP contribution is 2.53. The summed E-state index contributed by atoms with van der Waals surface area (Å²) in [6.07, 6.45) is 5.69. The highest BCUT2D eigenvalue weighted by molar-refractivity contribution is 6.31. The summed E-state index contributed by atoms with van der Waals surface area (Å²) in [6, 6.07) is 85.7. The van der Waals surface area contributed by atoms with Crippen LogP contribution in [0.2, 0.25) is 10.0 Å². The molecule has 103 heavy (non-hydrogen) atoms. The van der Waals surface area contributed by atoms with E-state index in [2.05, 4.69) is 114 Å². The molecule has 0 aromatic heterocycles. The smallest absolute Gasteiger partial charge is 0.194 e. The number of quaternary nitrogens is 1. The topological polar surface area (TPSA) is 50.7 Å². The molecule has 2 aliphatic heterocycles. The minimum absolute atomic E-state index is 0. The molecule has 516 valence electrons. The third-order valence-electron chi connectivity index (χ3n) is 18.8. The van der Waals surface area contributed by atoms with Crippen LogP contribution in [-0.4, -0.2) is 35.5 Å². The van der Waals surface area contributed by atoms with Crippen LogP contribution in [0, 0.1) is 34.9 Å². The van der Waals surface area contributed by atoms with Crippen molar-refractivity contribution in [1.82, 2.24) is 0 Å². The SMILES string of the molecule is CCN=Cc1ccc(Cl)cc1.C[C@@H](N)Cc1ccccc1.C[C@H](Cc1ccccc1)N=Cc1ccc(Cl)cc1.Fc1cc(-c2cc3ccccc3c3c2C[N+]2(Cc4ccc5ccccc5c4-c4c(ccc5ccccc45)C2)Cc2c(-c4cc(F)c(F)c(F)c4)cc4ccccc4c2-3)cc(F)c1F.[Br-]. The standard InChI is InChI=1S/C56H34F6N.C16H16ClN.C9H10ClN.C9H13N.BrH/c57-47-23-37(24-48(58)55(47)61)43-21-33-11-3-7-15-41(33)53-45(43)29-63(30-46-44(38-25-49(59)56(62)50(60)26-38)22-34-12-4-8-16-42(34)54(46)53)27-35-19-17-31-9-1-5-13-39(31)51(35)52-36(28-63)20-18-32-10-2-6-14-40(32)52;1-13(11-14-5-3-2-4-6-14)18-12-15-7-9-16(17)10-8-15;1-2-11-7-8-3-5-9(10)6-4-8;1-8(10)7-9-5-3-2-4-6-9;/h1-26H,27-30H2;2-10,12-13H,11H2,1H3;3-7H,2H2,1H3;2-6,8H,7,10H2,1H3;1H/q+1;;;;/p-1/t;13-;;8-;/m.1.1./s1. The summed E-state index contributed by atoms with van der Waals surface area (Å²) in [4.78, 5) is 8.65. The van der Waals surface area contributed by atoms with Gasteiger partial charge in [0, 0.05) is 68.4 Å². The van der Waals surface area contributed by atoms with Gasteiger partial charge in [0.2, 0.25) is 0 Å². The highest BCUT2D eigenvalue weighted by Gasteiger charge is 2.42. The summed E-state index contributed by atoms with van der Waals surface area (Å²) in [6.45, 7) is 8.67. The number of rotatable bonds is 10. The van der Waals surface area contributed by atoms with E-state index in [0.29, 0.717) is 41.8 Å². The zero-order valence-electron chi connectivity index (χ0n) is 57.0. The number of hydrogen-bond acceptors (Lipinski definition) is 3. The molecule has 0 saturated carbocycles. The first-order valence-corrected chi connectivity index (χ1v) is 34.9. The molecule has 2 aliphatic rings. The van der Waals surface area contributed by atoms with E-state index in [0.717, 1.165) is 152 Å². The Bertz CT molecular complexity index is 5160. The maximum atomic E-state index is 15.4. The Kier molecular flexibility index (Phi) is 23.0. The molecule has 0 aliphatic carbocycles. The van der Waals surface area contributed by atoms with Gasteiger partial charge in [-0.1, -0.05) is 229 Å². The molecule has 2 atom stereocenters. The first-order valence-electron chi connectivity index (χ1n) is 34.1. The van der Waals surface area contributed by atoms with E-state index in [4.69, 9.17) is 28.9 Å². The van der Waals surface area contributed by atoms with Crippen molar-refractivity contribution in [2.45, 2.75) is 71.9 Å². The van der Waals surface area contributed by atoms with E-state index in [1.807, 2.05) is 172 Å². The van der Waals surface area contributed by atoms with Crippen molar-refractivity contribution in [2.75, 3.05) is 6.54 Å². The monoisotopic (exact) mass is 1470 g/mol. The van der Waals surface area contributed by atoms with Crippen LogP contribution < -0.4 is 22.7 Å². The number of hydrogen-bond donors (Lipinski definition) is 1. The molecular weight excluding hydrogens is 1400 g/mol. The molecule has 13 heteroatoms. The molecule has 2 N–H and O–H groups in total. The third-order valence-corrected chi connectivity index (χ3v) is 19.4. The Hall–Kier alpha value is -9.98. The third kappa shape index (κ3) is 16.4. The van der Waals surface area contributed by atoms with E-state index < -0.39 is 34.9 Å². The van der Waals surface area contributed by atoms with Crippen LogP contribution in [0.15, 0.2) is 277 Å². The Balaban J connectivity index is 0.000000202. The molecule has 16 rings (SSSR count). The van der Waals surface area contributed by atoms with Crippen LogP contribution in [0.25, 0.3) is 87.6 Å². The van der Waals surface area contributed by atoms with Crippen molar-refractivity contribution in [3.05, 3.63) is 356 Å². The van der Waals surface area contributed by atoms with Crippen LogP contribution in [0.5, 0.6) is 0 Å². The fourth-order valence-corrected chi connectivity index (χ4v) is 14.6. The highest BCUT2D eigenvalue weighted by atomic mass is 79.9. The second-order valence-electron chi connectivity index (χ2n) is 26.3. The Morgan fingerprint density at radius 3 is 1.17 bits per heavy atom. The summed E-state index contributed by atoms with van der Waals surface area (Å²) in [5.74, 6) is -8.28. The van der Waals surface area contributed by atoms with Gasteiger partial charge in [0.05, 0.1) is 6.04 Å². The van der Waals surface area contributed by atoms with Crippen molar-refractivity contribution >= 4 is 78.7 Å². The summed E-state index contributed by atoms with van der Waals surface area (Å²) in [5, 5.41) is 9.23. The van der Waals surface area contributed by atoms with Gasteiger partial charge >= 0.3 is 0 Å². The minimum atomic E-state index is -1.55. The maximum absolute atomic E-state index is 15.4. The van der Waals surface area contributed by atoms with Gasteiger partial charge in [-0.2, -0.15) is 0 Å². The van der Waals surface area contributed by atoms with Crippen LogP contribution in [0.4, 0.5) is 26.3 Å². The van der Waals surface area contributed by atoms with E-state index in [1.165, 1.54) is 11.1 Å². The molecule has 0 unspecified atom stereocenters. The van der Waals surface area contributed by atoms with Crippen LogP contribution >= 0.6 is 23.2 Å². The predicted octanol–water partition coefficient (Wildman–Crippen LogP) is 21.1. The normalized spacial score (nSPS) is 13.2. The van der Waals surface area contributed by atoms with Gasteiger partial charge in [0.25, 0.3) is 0 Å². The molecule has 4 nitrogen and oxygen atoms in total.